The molecule has 0 spiro atoms. The van der Waals surface area contributed by atoms with Crippen LogP contribution >= 0.6 is 0 Å². The molecule has 3 N–H and O–H groups in total. The molecule has 0 fully saturated rings. The van der Waals surface area contributed by atoms with Crippen LogP contribution < -0.4 is 14.8 Å². The molecule has 0 bridgehead atoms. The Kier molecular flexibility index (Phi) is 6.52. The van der Waals surface area contributed by atoms with E-state index in [4.69, 9.17) is 9.47 Å². The predicted molar refractivity (Wildman–Crippen MR) is 116 cm³/mol. The number of carbonyl (C=O) groups is 4. The lowest BCUT2D eigenvalue weighted by molar-refractivity contribution is -0.278. The van der Waals surface area contributed by atoms with Crippen LogP contribution in [-0.4, -0.2) is 51.7 Å². The number of fused-ring (bicyclic) bond motifs is 1. The second-order valence-electron chi connectivity index (χ2n) is 7.76. The van der Waals surface area contributed by atoms with Crippen LogP contribution in [0.5, 0.6) is 11.5 Å². The standard InChI is InChI=1S/C23H24N2O8/c1-12(26)10-17(14-8-9-18(32-4)19(11-14)33-23(3,30)31)25-21(28)15-6-5-7-16(24-13(2)27)20(15)22(25)29/h5-9,11,17,30-31H,10H2,1-4H3,(H,24,27). The van der Waals surface area contributed by atoms with Crippen LogP contribution in [0.25, 0.3) is 0 Å². The number of methoxy groups -OCH3 is 1. The molecular weight excluding hydrogens is 432 g/mol. The summed E-state index contributed by atoms with van der Waals surface area (Å²) < 4.78 is 10.3. The van der Waals surface area contributed by atoms with Gasteiger partial charge in [-0.25, -0.2) is 0 Å². The Balaban J connectivity index is 2.10. The molecule has 10 nitrogen and oxygen atoms in total. The van der Waals surface area contributed by atoms with Crippen LogP contribution in [0, 0.1) is 0 Å². The topological polar surface area (TPSA) is 142 Å². The van der Waals surface area contributed by atoms with E-state index >= 15 is 0 Å². The molecule has 174 valence electrons. The van der Waals surface area contributed by atoms with E-state index in [1.54, 1.807) is 12.1 Å². The van der Waals surface area contributed by atoms with Gasteiger partial charge in [-0.3, -0.25) is 24.1 Å². The molecule has 1 atom stereocenters. The van der Waals surface area contributed by atoms with Crippen molar-refractivity contribution in [2.24, 2.45) is 0 Å². The van der Waals surface area contributed by atoms with E-state index in [-0.39, 0.29) is 40.5 Å². The van der Waals surface area contributed by atoms with Gasteiger partial charge in [0.2, 0.25) is 5.91 Å². The average Bonchev–Trinajstić information content (AvgIpc) is 2.95. The number of ether oxygens (including phenoxy) is 2. The summed E-state index contributed by atoms with van der Waals surface area (Å²) in [4.78, 5) is 51.2. The summed E-state index contributed by atoms with van der Waals surface area (Å²) in [5.74, 6) is -4.40. The second-order valence-corrected chi connectivity index (χ2v) is 7.76. The highest BCUT2D eigenvalue weighted by Crippen LogP contribution is 2.39. The van der Waals surface area contributed by atoms with Crippen molar-refractivity contribution in [3.63, 3.8) is 0 Å². The minimum atomic E-state index is -2.52. The van der Waals surface area contributed by atoms with Gasteiger partial charge in [-0.05, 0) is 36.8 Å². The number of imide groups is 1. The molecule has 1 unspecified atom stereocenters. The van der Waals surface area contributed by atoms with Gasteiger partial charge >= 0.3 is 5.97 Å². The van der Waals surface area contributed by atoms with Gasteiger partial charge in [0.1, 0.15) is 5.78 Å². The van der Waals surface area contributed by atoms with Crippen LogP contribution in [0.3, 0.4) is 0 Å². The van der Waals surface area contributed by atoms with Gasteiger partial charge in [-0.2, -0.15) is 0 Å². The number of anilines is 1. The Morgan fingerprint density at radius 1 is 1.09 bits per heavy atom. The minimum absolute atomic E-state index is 0.0366. The number of benzene rings is 2. The third-order valence-corrected chi connectivity index (χ3v) is 4.93. The summed E-state index contributed by atoms with van der Waals surface area (Å²) in [6.45, 7) is 3.61. The van der Waals surface area contributed by atoms with Gasteiger partial charge in [0.05, 0.1) is 30.0 Å². The highest BCUT2D eigenvalue weighted by Gasteiger charge is 2.42. The lowest BCUT2D eigenvalue weighted by atomic mass is 9.99. The van der Waals surface area contributed by atoms with E-state index in [1.807, 2.05) is 0 Å². The Labute approximate surface area is 189 Å². The fourth-order valence-corrected chi connectivity index (χ4v) is 3.70. The zero-order valence-electron chi connectivity index (χ0n) is 18.5. The normalized spacial score (nSPS) is 14.1. The van der Waals surface area contributed by atoms with Crippen molar-refractivity contribution in [2.75, 3.05) is 12.4 Å². The van der Waals surface area contributed by atoms with Crippen LogP contribution in [0.15, 0.2) is 36.4 Å². The summed E-state index contributed by atoms with van der Waals surface area (Å²) in [7, 11) is 1.36. The molecule has 0 radical (unpaired) electrons. The van der Waals surface area contributed by atoms with Crippen LogP contribution in [0.1, 0.15) is 59.5 Å². The molecule has 0 aromatic heterocycles. The molecule has 3 amide bonds. The van der Waals surface area contributed by atoms with E-state index < -0.39 is 29.7 Å². The van der Waals surface area contributed by atoms with Gasteiger partial charge in [0, 0.05) is 20.3 Å². The summed E-state index contributed by atoms with van der Waals surface area (Å²) >= 11 is 0. The Bertz CT molecular complexity index is 1140. The lowest BCUT2D eigenvalue weighted by Gasteiger charge is -2.27. The van der Waals surface area contributed by atoms with E-state index in [2.05, 4.69) is 5.32 Å². The zero-order valence-corrected chi connectivity index (χ0v) is 18.5. The first-order valence-electron chi connectivity index (χ1n) is 10.0. The van der Waals surface area contributed by atoms with Gasteiger partial charge < -0.3 is 25.0 Å². The molecule has 2 aromatic carbocycles. The maximum absolute atomic E-state index is 13.3. The minimum Gasteiger partial charge on any atom is -0.493 e. The SMILES string of the molecule is COc1ccc(C(CC(C)=O)N2C(=O)c3cccc(NC(C)=O)c3C2=O)cc1OC(C)(O)O. The van der Waals surface area contributed by atoms with Gasteiger partial charge in [-0.1, -0.05) is 12.1 Å². The number of hydrogen-bond acceptors (Lipinski definition) is 8. The third kappa shape index (κ3) is 5.02. The molecule has 1 aliphatic heterocycles. The molecule has 0 saturated heterocycles. The quantitative estimate of drug-likeness (QED) is 0.404. The maximum Gasteiger partial charge on any atom is 0.318 e. The molecule has 3 rings (SSSR count). The Hall–Kier alpha value is -3.76. The zero-order chi connectivity index (χ0) is 24.5. The fourth-order valence-electron chi connectivity index (χ4n) is 3.70. The van der Waals surface area contributed by atoms with Crippen LogP contribution in [0.2, 0.25) is 0 Å². The average molecular weight is 456 g/mol. The third-order valence-electron chi connectivity index (χ3n) is 4.93. The van der Waals surface area contributed by atoms with Crippen molar-refractivity contribution in [3.8, 4) is 11.5 Å². The van der Waals surface area contributed by atoms with Crippen LogP contribution in [0.4, 0.5) is 5.69 Å². The van der Waals surface area contributed by atoms with E-state index in [1.165, 1.54) is 45.2 Å². The largest absolute Gasteiger partial charge is 0.493 e. The highest BCUT2D eigenvalue weighted by molar-refractivity contribution is 6.24. The first kappa shape index (κ1) is 23.9. The number of amides is 3. The number of aliphatic hydroxyl groups is 2. The highest BCUT2D eigenvalue weighted by atomic mass is 16.8. The van der Waals surface area contributed by atoms with Crippen molar-refractivity contribution in [1.82, 2.24) is 4.90 Å². The maximum atomic E-state index is 13.3. The fraction of sp³-hybridized carbons (Fsp3) is 0.304. The smallest absolute Gasteiger partial charge is 0.318 e. The number of rotatable bonds is 8. The van der Waals surface area contributed by atoms with E-state index in [0.717, 1.165) is 11.8 Å². The molecule has 0 saturated carbocycles. The Morgan fingerprint density at radius 3 is 2.36 bits per heavy atom. The van der Waals surface area contributed by atoms with Crippen molar-refractivity contribution >= 4 is 29.2 Å². The Morgan fingerprint density at radius 2 is 1.79 bits per heavy atom. The molecular formula is C23H24N2O8. The van der Waals surface area contributed by atoms with Crippen LogP contribution in [-0.2, 0) is 9.59 Å². The first-order chi connectivity index (χ1) is 15.4. The van der Waals surface area contributed by atoms with Crippen molar-refractivity contribution in [3.05, 3.63) is 53.1 Å². The van der Waals surface area contributed by atoms with Crippen molar-refractivity contribution in [2.45, 2.75) is 39.2 Å². The van der Waals surface area contributed by atoms with Gasteiger partial charge in [-0.15, -0.1) is 0 Å². The summed E-state index contributed by atoms with van der Waals surface area (Å²) in [6, 6.07) is 7.89. The van der Waals surface area contributed by atoms with Crippen molar-refractivity contribution in [1.29, 1.82) is 0 Å². The molecule has 2 aromatic rings. The monoisotopic (exact) mass is 456 g/mol. The molecule has 10 heteroatoms. The number of nitrogens with one attached hydrogen (secondary N) is 1. The molecule has 0 aliphatic carbocycles. The van der Waals surface area contributed by atoms with E-state index in [0.29, 0.717) is 5.56 Å². The van der Waals surface area contributed by atoms with Gasteiger partial charge in [0.15, 0.2) is 11.5 Å². The van der Waals surface area contributed by atoms with Crippen molar-refractivity contribution < 1.29 is 38.9 Å². The number of hydrogen-bond donors (Lipinski definition) is 3. The summed E-state index contributed by atoms with van der Waals surface area (Å²) in [6.07, 6.45) is -0.192. The second kappa shape index (κ2) is 9.00. The first-order valence-corrected chi connectivity index (χ1v) is 10.0. The van der Waals surface area contributed by atoms with E-state index in [9.17, 15) is 29.4 Å². The number of Topliss-reactive ketones (excluding diaryl/α,β-unsaturated/α-hetero) is 1. The predicted octanol–water partition coefficient (Wildman–Crippen LogP) is 2.01. The lowest BCUT2D eigenvalue weighted by Crippen LogP contribution is -2.35. The molecule has 33 heavy (non-hydrogen) atoms. The van der Waals surface area contributed by atoms with Gasteiger partial charge in [0.25, 0.3) is 11.8 Å². The molecule has 1 heterocycles. The summed E-state index contributed by atoms with van der Waals surface area (Å²) in [5, 5.41) is 21.9. The molecule has 1 aliphatic rings. The number of nitrogens with zero attached hydrogens (tertiary/aromatic N) is 1. The number of carbonyl (C=O) groups excluding carboxylic acids is 4. The summed E-state index contributed by atoms with van der Waals surface area (Å²) in [5.41, 5.74) is 0.663. The number of ketones is 1.